The molecule has 31 heavy (non-hydrogen) atoms. The Kier molecular flexibility index (Phi) is 6.06. The lowest BCUT2D eigenvalue weighted by Gasteiger charge is -2.34. The van der Waals surface area contributed by atoms with Crippen molar-refractivity contribution in [2.45, 2.75) is 17.9 Å². The van der Waals surface area contributed by atoms with Crippen molar-refractivity contribution >= 4 is 16.1 Å². The lowest BCUT2D eigenvalue weighted by atomic mass is 10.1. The number of hydrogen-bond donors (Lipinski definition) is 1. The highest BCUT2D eigenvalue weighted by atomic mass is 32.2. The van der Waals surface area contributed by atoms with Crippen molar-refractivity contribution in [3.63, 3.8) is 0 Å². The fourth-order valence-electron chi connectivity index (χ4n) is 3.58. The Morgan fingerprint density at radius 1 is 1.00 bits per heavy atom. The second-order valence-electron chi connectivity index (χ2n) is 7.44. The van der Waals surface area contributed by atoms with E-state index in [-0.39, 0.29) is 30.1 Å². The van der Waals surface area contributed by atoms with Crippen molar-refractivity contribution in [2.75, 3.05) is 26.2 Å². The Labute approximate surface area is 182 Å². The monoisotopic (exact) mass is 439 g/mol. The van der Waals surface area contributed by atoms with E-state index in [4.69, 9.17) is 0 Å². The minimum absolute atomic E-state index is 0.171. The average Bonchev–Trinajstić information content (AvgIpc) is 3.35. The number of carbonyl (C=O) groups excluding carboxylic acids is 1. The van der Waals surface area contributed by atoms with Gasteiger partial charge in [-0.25, -0.2) is 18.2 Å². The summed E-state index contributed by atoms with van der Waals surface area (Å²) in [6, 6.07) is 15.9. The van der Waals surface area contributed by atoms with Gasteiger partial charge in [0.2, 0.25) is 10.0 Å². The predicted octanol–water partition coefficient (Wildman–Crippen LogP) is 2.65. The molecule has 1 aliphatic rings. The summed E-state index contributed by atoms with van der Waals surface area (Å²) < 4.78 is 28.8. The molecule has 1 aliphatic heterocycles. The standard InChI is InChI=1S/C22H25N5O3S/c1-18(19-7-9-20(10-8-19)26-12-11-23-17-26)24-22(28)25-13-15-27(16-14-25)31(29,30)21-5-3-2-4-6-21/h2-12,17-18H,13-16H2,1H3,(H,24,28). The third-order valence-corrected chi connectivity index (χ3v) is 7.36. The number of benzene rings is 2. The zero-order chi connectivity index (χ0) is 21.8. The second-order valence-corrected chi connectivity index (χ2v) is 9.37. The van der Waals surface area contributed by atoms with Crippen LogP contribution >= 0.6 is 0 Å². The van der Waals surface area contributed by atoms with Gasteiger partial charge in [0.25, 0.3) is 0 Å². The molecule has 1 saturated heterocycles. The zero-order valence-electron chi connectivity index (χ0n) is 17.3. The normalized spacial score (nSPS) is 16.1. The molecule has 4 rings (SSSR count). The molecule has 1 unspecified atom stereocenters. The number of hydrogen-bond acceptors (Lipinski definition) is 4. The van der Waals surface area contributed by atoms with Crippen LogP contribution in [0.1, 0.15) is 18.5 Å². The molecule has 3 aromatic rings. The van der Waals surface area contributed by atoms with Crippen molar-refractivity contribution in [2.24, 2.45) is 0 Å². The summed E-state index contributed by atoms with van der Waals surface area (Å²) in [6.07, 6.45) is 5.33. The van der Waals surface area contributed by atoms with Gasteiger partial charge in [0, 0.05) is 44.3 Å². The Morgan fingerprint density at radius 2 is 1.68 bits per heavy atom. The van der Waals surface area contributed by atoms with E-state index in [1.807, 2.05) is 42.0 Å². The smallest absolute Gasteiger partial charge is 0.317 e. The van der Waals surface area contributed by atoms with Gasteiger partial charge in [0.15, 0.2) is 0 Å². The number of sulfonamides is 1. The van der Waals surface area contributed by atoms with Gasteiger partial charge in [0.05, 0.1) is 17.3 Å². The highest BCUT2D eigenvalue weighted by molar-refractivity contribution is 7.89. The summed E-state index contributed by atoms with van der Waals surface area (Å²) in [5.41, 5.74) is 1.98. The fourth-order valence-corrected chi connectivity index (χ4v) is 5.02. The van der Waals surface area contributed by atoms with Crippen LogP contribution < -0.4 is 5.32 Å². The maximum atomic E-state index is 12.7. The first-order chi connectivity index (χ1) is 14.9. The number of nitrogens with zero attached hydrogens (tertiary/aromatic N) is 4. The average molecular weight is 440 g/mol. The molecule has 2 amide bonds. The summed E-state index contributed by atoms with van der Waals surface area (Å²) in [7, 11) is -3.53. The molecule has 2 heterocycles. The van der Waals surface area contributed by atoms with Gasteiger partial charge < -0.3 is 14.8 Å². The zero-order valence-corrected chi connectivity index (χ0v) is 18.1. The van der Waals surface area contributed by atoms with Gasteiger partial charge in [-0.05, 0) is 36.8 Å². The van der Waals surface area contributed by atoms with Crippen molar-refractivity contribution < 1.29 is 13.2 Å². The van der Waals surface area contributed by atoms with Gasteiger partial charge in [-0.2, -0.15) is 4.31 Å². The van der Waals surface area contributed by atoms with E-state index in [0.717, 1.165) is 11.3 Å². The molecule has 0 aliphatic carbocycles. The van der Waals surface area contributed by atoms with Crippen LogP contribution in [0.15, 0.2) is 78.2 Å². The predicted molar refractivity (Wildman–Crippen MR) is 117 cm³/mol. The maximum Gasteiger partial charge on any atom is 0.317 e. The number of amides is 2. The molecular formula is C22H25N5O3S. The number of nitrogens with one attached hydrogen (secondary N) is 1. The molecule has 0 spiro atoms. The second kappa shape index (κ2) is 8.91. The Morgan fingerprint density at radius 3 is 2.29 bits per heavy atom. The van der Waals surface area contributed by atoms with Crippen LogP contribution in [-0.4, -0.2) is 59.4 Å². The summed E-state index contributed by atoms with van der Waals surface area (Å²) in [4.78, 5) is 18.7. The minimum Gasteiger partial charge on any atom is -0.331 e. The molecule has 1 N–H and O–H groups in total. The molecule has 1 aromatic heterocycles. The van der Waals surface area contributed by atoms with E-state index in [1.165, 1.54) is 4.31 Å². The van der Waals surface area contributed by atoms with E-state index in [2.05, 4.69) is 10.3 Å². The molecule has 1 fully saturated rings. The number of urea groups is 1. The molecular weight excluding hydrogens is 414 g/mol. The third-order valence-electron chi connectivity index (χ3n) is 5.44. The molecule has 0 bridgehead atoms. The van der Waals surface area contributed by atoms with Gasteiger partial charge >= 0.3 is 6.03 Å². The third kappa shape index (κ3) is 4.62. The first-order valence-electron chi connectivity index (χ1n) is 10.1. The van der Waals surface area contributed by atoms with Crippen molar-refractivity contribution in [1.82, 2.24) is 24.1 Å². The number of piperazine rings is 1. The Balaban J connectivity index is 1.33. The van der Waals surface area contributed by atoms with E-state index >= 15 is 0 Å². The summed E-state index contributed by atoms with van der Waals surface area (Å²) in [5, 5.41) is 3.01. The van der Waals surface area contributed by atoms with Crippen molar-refractivity contribution in [3.8, 4) is 5.69 Å². The summed E-state index contributed by atoms with van der Waals surface area (Å²) in [5.74, 6) is 0. The highest BCUT2D eigenvalue weighted by Gasteiger charge is 2.30. The van der Waals surface area contributed by atoms with Crippen LogP contribution in [0.25, 0.3) is 5.69 Å². The van der Waals surface area contributed by atoms with Crippen LogP contribution in [0.4, 0.5) is 4.79 Å². The number of carbonyl (C=O) groups is 1. The van der Waals surface area contributed by atoms with Crippen LogP contribution in [0.3, 0.4) is 0 Å². The molecule has 162 valence electrons. The minimum atomic E-state index is -3.53. The van der Waals surface area contributed by atoms with Crippen LogP contribution in [-0.2, 0) is 10.0 Å². The molecule has 0 radical (unpaired) electrons. The lowest BCUT2D eigenvalue weighted by Crippen LogP contribution is -2.53. The Bertz CT molecular complexity index is 1110. The topological polar surface area (TPSA) is 87.5 Å². The molecule has 9 heteroatoms. The molecule has 8 nitrogen and oxygen atoms in total. The van der Waals surface area contributed by atoms with E-state index < -0.39 is 10.0 Å². The van der Waals surface area contributed by atoms with Gasteiger partial charge in [0.1, 0.15) is 0 Å². The lowest BCUT2D eigenvalue weighted by molar-refractivity contribution is 0.169. The fraction of sp³-hybridized carbons (Fsp3) is 0.273. The number of rotatable bonds is 5. The van der Waals surface area contributed by atoms with Crippen molar-refractivity contribution in [3.05, 3.63) is 78.9 Å². The maximum absolute atomic E-state index is 12.7. The van der Waals surface area contributed by atoms with Gasteiger partial charge in [-0.1, -0.05) is 30.3 Å². The van der Waals surface area contributed by atoms with E-state index in [1.54, 1.807) is 47.8 Å². The van der Waals surface area contributed by atoms with E-state index in [0.29, 0.717) is 13.1 Å². The van der Waals surface area contributed by atoms with E-state index in [9.17, 15) is 13.2 Å². The molecule has 0 saturated carbocycles. The Hall–Kier alpha value is -3.17. The van der Waals surface area contributed by atoms with Crippen molar-refractivity contribution in [1.29, 1.82) is 0 Å². The first kappa shape index (κ1) is 21.1. The van der Waals surface area contributed by atoms with Crippen LogP contribution in [0.2, 0.25) is 0 Å². The number of imidazole rings is 1. The number of aromatic nitrogens is 2. The summed E-state index contributed by atoms with van der Waals surface area (Å²) in [6.45, 7) is 3.19. The first-order valence-corrected chi connectivity index (χ1v) is 11.6. The quantitative estimate of drug-likeness (QED) is 0.662. The van der Waals surface area contributed by atoms with Crippen LogP contribution in [0, 0.1) is 0 Å². The van der Waals surface area contributed by atoms with Gasteiger partial charge in [-0.15, -0.1) is 0 Å². The van der Waals surface area contributed by atoms with Crippen LogP contribution in [0.5, 0.6) is 0 Å². The van der Waals surface area contributed by atoms with Gasteiger partial charge in [-0.3, -0.25) is 0 Å². The summed E-state index contributed by atoms with van der Waals surface area (Å²) >= 11 is 0. The highest BCUT2D eigenvalue weighted by Crippen LogP contribution is 2.19. The molecule has 2 aromatic carbocycles. The molecule has 1 atom stereocenters. The SMILES string of the molecule is CC(NC(=O)N1CCN(S(=O)(=O)c2ccccc2)CC1)c1ccc(-n2ccnc2)cc1. The largest absolute Gasteiger partial charge is 0.331 e.